The van der Waals surface area contributed by atoms with Crippen molar-refractivity contribution in [1.82, 2.24) is 9.78 Å². The number of nitrogens with zero attached hydrogens (tertiary/aromatic N) is 2. The molecule has 0 saturated carbocycles. The Morgan fingerprint density at radius 2 is 1.89 bits per heavy atom. The van der Waals surface area contributed by atoms with Gasteiger partial charge < -0.3 is 10.4 Å². The van der Waals surface area contributed by atoms with Crippen LogP contribution in [-0.2, 0) is 4.79 Å². The Morgan fingerprint density at radius 3 is 2.56 bits per heavy atom. The maximum absolute atomic E-state index is 13.2. The summed E-state index contributed by atoms with van der Waals surface area (Å²) in [7, 11) is 0. The van der Waals surface area contributed by atoms with Crippen LogP contribution in [-0.4, -0.2) is 32.5 Å². The Balaban J connectivity index is 1.77. The van der Waals surface area contributed by atoms with E-state index < -0.39 is 5.97 Å². The van der Waals surface area contributed by atoms with Gasteiger partial charge in [-0.3, -0.25) is 4.79 Å². The zero-order valence-electron chi connectivity index (χ0n) is 13.9. The molecule has 3 aromatic rings. The molecule has 4 rings (SSSR count). The standard InChI is InChI=1S/C19H14FN3O3S/c20-13-5-7-14(8-6-13)23-18-15(9-21-23)17(27-10-16(24)22-18)11-1-3-12(4-2-11)19(25)26/h1-9,17H,10H2,(H,22,24)(H,25,26). The van der Waals surface area contributed by atoms with Crippen molar-refractivity contribution in [2.45, 2.75) is 5.25 Å². The molecule has 0 aliphatic carbocycles. The van der Waals surface area contributed by atoms with Gasteiger partial charge in [0.05, 0.1) is 28.5 Å². The van der Waals surface area contributed by atoms with E-state index in [1.807, 2.05) is 0 Å². The normalized spacial score (nSPS) is 16.3. The minimum atomic E-state index is -0.989. The molecule has 1 aliphatic heterocycles. The Morgan fingerprint density at radius 1 is 1.19 bits per heavy atom. The second kappa shape index (κ2) is 6.88. The minimum Gasteiger partial charge on any atom is -0.478 e. The fourth-order valence-electron chi connectivity index (χ4n) is 2.95. The van der Waals surface area contributed by atoms with Crippen molar-refractivity contribution in [2.75, 3.05) is 11.1 Å². The summed E-state index contributed by atoms with van der Waals surface area (Å²) < 4.78 is 14.8. The number of carboxylic acids is 1. The number of carbonyl (C=O) groups is 2. The summed E-state index contributed by atoms with van der Waals surface area (Å²) in [5.41, 5.74) is 2.51. The van der Waals surface area contributed by atoms with E-state index in [0.717, 1.165) is 11.1 Å². The summed E-state index contributed by atoms with van der Waals surface area (Å²) in [6.07, 6.45) is 1.67. The van der Waals surface area contributed by atoms with Gasteiger partial charge in [0.2, 0.25) is 5.91 Å². The summed E-state index contributed by atoms with van der Waals surface area (Å²) in [6, 6.07) is 12.4. The molecule has 0 radical (unpaired) electrons. The Kier molecular flexibility index (Phi) is 4.41. The molecule has 27 heavy (non-hydrogen) atoms. The van der Waals surface area contributed by atoms with E-state index in [-0.39, 0.29) is 28.3 Å². The maximum atomic E-state index is 13.2. The Labute approximate surface area is 158 Å². The van der Waals surface area contributed by atoms with Crippen molar-refractivity contribution in [1.29, 1.82) is 0 Å². The predicted molar refractivity (Wildman–Crippen MR) is 99.9 cm³/mol. The average molecular weight is 383 g/mol. The van der Waals surface area contributed by atoms with Crippen molar-refractivity contribution in [2.24, 2.45) is 0 Å². The second-order valence-corrected chi connectivity index (χ2v) is 7.10. The van der Waals surface area contributed by atoms with E-state index in [2.05, 4.69) is 10.4 Å². The molecule has 1 atom stereocenters. The van der Waals surface area contributed by atoms with Gasteiger partial charge in [0.1, 0.15) is 11.6 Å². The monoisotopic (exact) mass is 383 g/mol. The highest BCUT2D eigenvalue weighted by Gasteiger charge is 2.28. The number of rotatable bonds is 3. The van der Waals surface area contributed by atoms with Gasteiger partial charge in [-0.1, -0.05) is 12.1 Å². The van der Waals surface area contributed by atoms with Crippen molar-refractivity contribution in [3.63, 3.8) is 0 Å². The number of anilines is 1. The summed E-state index contributed by atoms with van der Waals surface area (Å²) in [4.78, 5) is 23.3. The van der Waals surface area contributed by atoms with E-state index in [0.29, 0.717) is 11.5 Å². The summed E-state index contributed by atoms with van der Waals surface area (Å²) in [6.45, 7) is 0. The zero-order chi connectivity index (χ0) is 19.0. The van der Waals surface area contributed by atoms with Crippen LogP contribution in [0.5, 0.6) is 0 Å². The molecule has 6 nitrogen and oxygen atoms in total. The van der Waals surface area contributed by atoms with Gasteiger partial charge in [-0.15, -0.1) is 11.8 Å². The SMILES string of the molecule is O=C1CSC(c2ccc(C(=O)O)cc2)c2cnn(-c3ccc(F)cc3)c2N1. The molecule has 0 spiro atoms. The number of hydrogen-bond acceptors (Lipinski definition) is 4. The molecule has 8 heteroatoms. The van der Waals surface area contributed by atoms with Crippen LogP contribution < -0.4 is 5.32 Å². The van der Waals surface area contributed by atoms with Crippen molar-refractivity contribution in [3.8, 4) is 5.69 Å². The highest BCUT2D eigenvalue weighted by molar-refractivity contribution is 8.00. The lowest BCUT2D eigenvalue weighted by Gasteiger charge is -2.14. The fourth-order valence-corrected chi connectivity index (χ4v) is 4.04. The van der Waals surface area contributed by atoms with Crippen LogP contribution in [0, 0.1) is 5.82 Å². The van der Waals surface area contributed by atoms with Gasteiger partial charge in [0, 0.05) is 5.56 Å². The van der Waals surface area contributed by atoms with Crippen LogP contribution in [0.15, 0.2) is 54.7 Å². The smallest absolute Gasteiger partial charge is 0.335 e. The van der Waals surface area contributed by atoms with Gasteiger partial charge in [-0.2, -0.15) is 5.10 Å². The number of carbonyl (C=O) groups excluding carboxylic acids is 1. The number of hydrogen-bond donors (Lipinski definition) is 2. The van der Waals surface area contributed by atoms with Crippen LogP contribution in [0.4, 0.5) is 10.2 Å². The van der Waals surface area contributed by atoms with Crippen molar-refractivity contribution >= 4 is 29.5 Å². The molecule has 2 N–H and O–H groups in total. The topological polar surface area (TPSA) is 84.2 Å². The minimum absolute atomic E-state index is 0.158. The third kappa shape index (κ3) is 3.31. The van der Waals surface area contributed by atoms with Gasteiger partial charge in [0.15, 0.2) is 0 Å². The molecule has 1 aliphatic rings. The number of benzene rings is 2. The number of amides is 1. The lowest BCUT2D eigenvalue weighted by atomic mass is 10.0. The zero-order valence-corrected chi connectivity index (χ0v) is 14.7. The molecule has 1 amide bonds. The lowest BCUT2D eigenvalue weighted by molar-refractivity contribution is -0.113. The van der Waals surface area contributed by atoms with Crippen LogP contribution >= 0.6 is 11.8 Å². The molecule has 2 aromatic carbocycles. The molecule has 2 heterocycles. The first kappa shape index (κ1) is 17.3. The van der Waals surface area contributed by atoms with E-state index in [1.54, 1.807) is 47.3 Å². The molecular weight excluding hydrogens is 369 g/mol. The fraction of sp³-hybridized carbons (Fsp3) is 0.105. The van der Waals surface area contributed by atoms with Crippen molar-refractivity contribution in [3.05, 3.63) is 77.2 Å². The van der Waals surface area contributed by atoms with E-state index in [9.17, 15) is 14.0 Å². The predicted octanol–water partition coefficient (Wildman–Crippen LogP) is 3.48. The molecule has 0 saturated heterocycles. The number of fused-ring (bicyclic) bond motifs is 1. The van der Waals surface area contributed by atoms with Crippen LogP contribution in [0.3, 0.4) is 0 Å². The molecule has 1 unspecified atom stereocenters. The third-order valence-electron chi connectivity index (χ3n) is 4.25. The Hall–Kier alpha value is -3.13. The van der Waals surface area contributed by atoms with Crippen molar-refractivity contribution < 1.29 is 19.1 Å². The third-order valence-corrected chi connectivity index (χ3v) is 5.54. The number of carboxylic acid groups (broad SMARTS) is 1. The van der Waals surface area contributed by atoms with Crippen LogP contribution in [0.2, 0.25) is 0 Å². The molecule has 1 aromatic heterocycles. The highest BCUT2D eigenvalue weighted by atomic mass is 32.2. The van der Waals surface area contributed by atoms with Gasteiger partial charge in [-0.25, -0.2) is 13.9 Å². The molecular formula is C19H14FN3O3S. The summed E-state index contributed by atoms with van der Waals surface area (Å²) >= 11 is 1.44. The first-order valence-electron chi connectivity index (χ1n) is 8.11. The van der Waals surface area contributed by atoms with Crippen LogP contribution in [0.25, 0.3) is 5.69 Å². The number of aromatic carboxylic acids is 1. The molecule has 0 fully saturated rings. The first-order valence-corrected chi connectivity index (χ1v) is 9.16. The largest absolute Gasteiger partial charge is 0.478 e. The lowest BCUT2D eigenvalue weighted by Crippen LogP contribution is -2.15. The maximum Gasteiger partial charge on any atom is 0.335 e. The number of halogens is 1. The first-order chi connectivity index (χ1) is 13.0. The summed E-state index contributed by atoms with van der Waals surface area (Å²) in [5, 5.41) is 16.1. The van der Waals surface area contributed by atoms with Gasteiger partial charge in [0.25, 0.3) is 0 Å². The average Bonchev–Trinajstić information content (AvgIpc) is 2.98. The molecule has 136 valence electrons. The Bertz CT molecular complexity index is 1020. The highest BCUT2D eigenvalue weighted by Crippen LogP contribution is 2.42. The molecule has 0 bridgehead atoms. The second-order valence-electron chi connectivity index (χ2n) is 6.00. The van der Waals surface area contributed by atoms with Gasteiger partial charge in [-0.05, 0) is 42.0 Å². The van der Waals surface area contributed by atoms with E-state index >= 15 is 0 Å². The van der Waals surface area contributed by atoms with Crippen LogP contribution in [0.1, 0.15) is 26.7 Å². The van der Waals surface area contributed by atoms with E-state index in [4.69, 9.17) is 5.11 Å². The summed E-state index contributed by atoms with van der Waals surface area (Å²) in [5.74, 6) is -0.716. The number of thioether (sulfide) groups is 1. The van der Waals surface area contributed by atoms with Gasteiger partial charge >= 0.3 is 5.97 Å². The number of nitrogens with one attached hydrogen (secondary N) is 1. The quantitative estimate of drug-likeness (QED) is 0.723. The number of aromatic nitrogens is 2. The van der Waals surface area contributed by atoms with E-state index in [1.165, 1.54) is 23.9 Å².